The Hall–Kier alpha value is -0.610. The van der Waals surface area contributed by atoms with Gasteiger partial charge in [-0.05, 0) is 6.92 Å². The second kappa shape index (κ2) is 4.29. The average molecular weight is 132 g/mol. The largest absolute Gasteiger partial charge is 0.480 e. The number of rotatable bonds is 4. The fourth-order valence-electron chi connectivity index (χ4n) is 0.387. The first-order valence-electron chi connectivity index (χ1n) is 2.84. The Labute approximate surface area is 54.0 Å². The smallest absolute Gasteiger partial charge is 0.320 e. The molecule has 9 heavy (non-hydrogen) atoms. The molecule has 4 nitrogen and oxygen atoms in total. The zero-order valence-corrected chi connectivity index (χ0v) is 5.42. The van der Waals surface area contributed by atoms with Crippen molar-refractivity contribution in [3.63, 3.8) is 0 Å². The molecular formula is C5H12N2O2. The van der Waals surface area contributed by atoms with Crippen LogP contribution in [0.25, 0.3) is 0 Å². The summed E-state index contributed by atoms with van der Waals surface area (Å²) in [4.78, 5) is 10.1. The molecule has 0 unspecified atom stereocenters. The van der Waals surface area contributed by atoms with Crippen molar-refractivity contribution in [1.82, 2.24) is 5.32 Å². The highest BCUT2D eigenvalue weighted by Gasteiger charge is 2.06. The maximum Gasteiger partial charge on any atom is 0.320 e. The van der Waals surface area contributed by atoms with E-state index in [1.807, 2.05) is 0 Å². The molecule has 0 rings (SSSR count). The van der Waals surface area contributed by atoms with Crippen molar-refractivity contribution in [1.29, 1.82) is 0 Å². The molecule has 0 radical (unpaired) electrons. The first-order chi connectivity index (χ1) is 4.18. The SMILES string of the molecule is C[C@@H](NCCN)C(=O)O. The van der Waals surface area contributed by atoms with Crippen LogP contribution in [-0.2, 0) is 4.79 Å². The molecule has 0 saturated heterocycles. The molecule has 4 heteroatoms. The van der Waals surface area contributed by atoms with Crippen LogP contribution in [0.4, 0.5) is 0 Å². The number of carboxylic acids is 1. The Balaban J connectivity index is 3.27. The van der Waals surface area contributed by atoms with Gasteiger partial charge >= 0.3 is 5.97 Å². The lowest BCUT2D eigenvalue weighted by Gasteiger charge is -2.05. The van der Waals surface area contributed by atoms with Crippen molar-refractivity contribution in [3.05, 3.63) is 0 Å². The first-order valence-corrected chi connectivity index (χ1v) is 2.84. The molecule has 0 fully saturated rings. The van der Waals surface area contributed by atoms with Gasteiger partial charge in [-0.2, -0.15) is 0 Å². The Morgan fingerprint density at radius 2 is 2.44 bits per heavy atom. The minimum absolute atomic E-state index is 0.470. The fraction of sp³-hybridized carbons (Fsp3) is 0.800. The second-order valence-corrected chi connectivity index (χ2v) is 1.80. The Morgan fingerprint density at radius 3 is 2.78 bits per heavy atom. The van der Waals surface area contributed by atoms with Gasteiger partial charge in [0.25, 0.3) is 0 Å². The minimum Gasteiger partial charge on any atom is -0.480 e. The van der Waals surface area contributed by atoms with E-state index in [-0.39, 0.29) is 0 Å². The number of hydrogen-bond acceptors (Lipinski definition) is 3. The van der Waals surface area contributed by atoms with Crippen molar-refractivity contribution in [3.8, 4) is 0 Å². The van der Waals surface area contributed by atoms with Crippen molar-refractivity contribution in [2.24, 2.45) is 5.73 Å². The molecule has 0 aliphatic heterocycles. The number of aliphatic carboxylic acids is 1. The number of nitrogens with two attached hydrogens (primary N) is 1. The van der Waals surface area contributed by atoms with E-state index in [0.29, 0.717) is 13.1 Å². The predicted molar refractivity (Wildman–Crippen MR) is 34.2 cm³/mol. The van der Waals surface area contributed by atoms with Gasteiger partial charge in [-0.1, -0.05) is 0 Å². The highest BCUT2D eigenvalue weighted by atomic mass is 16.4. The van der Waals surface area contributed by atoms with Gasteiger partial charge in [0.1, 0.15) is 6.04 Å². The van der Waals surface area contributed by atoms with E-state index in [4.69, 9.17) is 10.8 Å². The van der Waals surface area contributed by atoms with Gasteiger partial charge in [-0.3, -0.25) is 4.79 Å². The molecule has 0 saturated carbocycles. The molecule has 0 amide bonds. The number of carbonyl (C=O) groups is 1. The van der Waals surface area contributed by atoms with Gasteiger partial charge < -0.3 is 16.2 Å². The molecule has 0 aromatic carbocycles. The summed E-state index contributed by atoms with van der Waals surface area (Å²) < 4.78 is 0. The zero-order valence-electron chi connectivity index (χ0n) is 5.42. The standard InChI is InChI=1S/C5H12N2O2/c1-4(5(8)9)7-3-2-6/h4,7H,2-3,6H2,1H3,(H,8,9)/t4-/m1/s1. The van der Waals surface area contributed by atoms with E-state index in [1.54, 1.807) is 6.92 Å². The van der Waals surface area contributed by atoms with E-state index in [2.05, 4.69) is 5.32 Å². The molecule has 0 bridgehead atoms. The van der Waals surface area contributed by atoms with Crippen LogP contribution in [0.1, 0.15) is 6.92 Å². The summed E-state index contributed by atoms with van der Waals surface area (Å²) in [6, 6.07) is -0.492. The first kappa shape index (κ1) is 8.39. The number of carboxylic acid groups (broad SMARTS) is 1. The van der Waals surface area contributed by atoms with Crippen molar-refractivity contribution >= 4 is 5.97 Å². The summed E-state index contributed by atoms with van der Waals surface area (Å²) in [6.45, 7) is 2.60. The molecule has 0 aromatic rings. The average Bonchev–Trinajstić information content (AvgIpc) is 1.82. The summed E-state index contributed by atoms with van der Waals surface area (Å²) in [5, 5.41) is 11.0. The third kappa shape index (κ3) is 3.93. The lowest BCUT2D eigenvalue weighted by Crippen LogP contribution is -2.36. The maximum absolute atomic E-state index is 10.1. The summed E-state index contributed by atoms with van der Waals surface area (Å²) >= 11 is 0. The van der Waals surface area contributed by atoms with Gasteiger partial charge in [0, 0.05) is 13.1 Å². The highest BCUT2D eigenvalue weighted by Crippen LogP contribution is 1.77. The monoisotopic (exact) mass is 132 g/mol. The van der Waals surface area contributed by atoms with Gasteiger partial charge in [-0.25, -0.2) is 0 Å². The van der Waals surface area contributed by atoms with Crippen molar-refractivity contribution < 1.29 is 9.90 Å². The topological polar surface area (TPSA) is 75.3 Å². The van der Waals surface area contributed by atoms with E-state index in [0.717, 1.165) is 0 Å². The quantitative estimate of drug-likeness (QED) is 0.459. The van der Waals surface area contributed by atoms with Crippen molar-refractivity contribution in [2.45, 2.75) is 13.0 Å². The third-order valence-corrected chi connectivity index (χ3v) is 0.965. The zero-order chi connectivity index (χ0) is 7.28. The Morgan fingerprint density at radius 1 is 1.89 bits per heavy atom. The highest BCUT2D eigenvalue weighted by molar-refractivity contribution is 5.72. The summed E-state index contributed by atoms with van der Waals surface area (Å²) in [5.74, 6) is -0.844. The maximum atomic E-state index is 10.1. The number of nitrogens with one attached hydrogen (secondary N) is 1. The van der Waals surface area contributed by atoms with E-state index < -0.39 is 12.0 Å². The van der Waals surface area contributed by atoms with Gasteiger partial charge in [-0.15, -0.1) is 0 Å². The normalized spacial score (nSPS) is 13.1. The van der Waals surface area contributed by atoms with Crippen LogP contribution in [0.5, 0.6) is 0 Å². The van der Waals surface area contributed by atoms with Crippen LogP contribution in [-0.4, -0.2) is 30.2 Å². The Kier molecular flexibility index (Phi) is 4.00. The molecule has 1 atom stereocenters. The van der Waals surface area contributed by atoms with Gasteiger partial charge in [0.2, 0.25) is 0 Å². The van der Waals surface area contributed by atoms with Crippen molar-refractivity contribution in [2.75, 3.05) is 13.1 Å². The van der Waals surface area contributed by atoms with Crippen LogP contribution in [0, 0.1) is 0 Å². The van der Waals surface area contributed by atoms with Gasteiger partial charge in [0.15, 0.2) is 0 Å². The molecule has 0 heterocycles. The molecular weight excluding hydrogens is 120 g/mol. The van der Waals surface area contributed by atoms with E-state index >= 15 is 0 Å². The summed E-state index contributed by atoms with van der Waals surface area (Å²) in [7, 11) is 0. The second-order valence-electron chi connectivity index (χ2n) is 1.80. The van der Waals surface area contributed by atoms with Crippen LogP contribution in [0.3, 0.4) is 0 Å². The van der Waals surface area contributed by atoms with Gasteiger partial charge in [0.05, 0.1) is 0 Å². The van der Waals surface area contributed by atoms with Crippen LogP contribution >= 0.6 is 0 Å². The molecule has 0 aliphatic rings. The molecule has 0 aliphatic carbocycles. The summed E-state index contributed by atoms with van der Waals surface area (Å²) in [5.41, 5.74) is 5.12. The molecule has 54 valence electrons. The fourth-order valence-corrected chi connectivity index (χ4v) is 0.387. The van der Waals surface area contributed by atoms with E-state index in [1.165, 1.54) is 0 Å². The Bertz CT molecular complexity index is 95.0. The molecule has 0 spiro atoms. The van der Waals surface area contributed by atoms with Crippen LogP contribution in [0.15, 0.2) is 0 Å². The van der Waals surface area contributed by atoms with E-state index in [9.17, 15) is 4.79 Å². The molecule has 4 N–H and O–H groups in total. The summed E-state index contributed by atoms with van der Waals surface area (Å²) in [6.07, 6.45) is 0. The third-order valence-electron chi connectivity index (χ3n) is 0.965. The molecule has 0 aromatic heterocycles. The lowest BCUT2D eigenvalue weighted by molar-refractivity contribution is -0.138. The number of hydrogen-bond donors (Lipinski definition) is 3. The van der Waals surface area contributed by atoms with Crippen LogP contribution < -0.4 is 11.1 Å². The minimum atomic E-state index is -0.844. The predicted octanol–water partition coefficient (Wildman–Crippen LogP) is -0.992. The van der Waals surface area contributed by atoms with Crippen LogP contribution in [0.2, 0.25) is 0 Å². The lowest BCUT2D eigenvalue weighted by atomic mass is 10.3.